The zero-order valence-corrected chi connectivity index (χ0v) is 14.4. The topological polar surface area (TPSA) is 106 Å². The fourth-order valence-electron chi connectivity index (χ4n) is 2.50. The molecule has 0 bridgehead atoms. The highest BCUT2D eigenvalue weighted by Crippen LogP contribution is 2.30. The molecule has 1 aromatic carbocycles. The Morgan fingerprint density at radius 2 is 2.16 bits per heavy atom. The van der Waals surface area contributed by atoms with Gasteiger partial charge in [-0.05, 0) is 44.9 Å². The molecule has 1 atom stereocenters. The van der Waals surface area contributed by atoms with Gasteiger partial charge in [0.1, 0.15) is 5.60 Å². The van der Waals surface area contributed by atoms with E-state index in [0.29, 0.717) is 16.5 Å². The molecular weight excluding hydrogens is 322 g/mol. The van der Waals surface area contributed by atoms with Crippen LogP contribution in [-0.2, 0) is 9.53 Å². The molecule has 1 aromatic heterocycles. The molecule has 0 radical (unpaired) electrons. The maximum atomic E-state index is 12.5. The van der Waals surface area contributed by atoms with E-state index >= 15 is 0 Å². The molecule has 7 nitrogen and oxygen atoms in total. The second-order valence-electron chi connectivity index (χ2n) is 6.65. The second kappa shape index (κ2) is 7.26. The molecule has 0 N–H and O–H groups in total. The standard InChI is InChI=1S/C18H19N3O4/c1-18(2,3)25-17(22)13(6-5-9-19)12-10-14-15(20-11-12)7-4-8-16(14)21(23)24/h4,7-8,10-11,13H,5-6H2,1-3H3. The molecule has 0 aliphatic rings. The molecule has 0 saturated heterocycles. The number of esters is 1. The van der Waals surface area contributed by atoms with E-state index in [1.165, 1.54) is 12.3 Å². The van der Waals surface area contributed by atoms with Gasteiger partial charge in [0.05, 0.1) is 27.8 Å². The first kappa shape index (κ1) is 18.3. The summed E-state index contributed by atoms with van der Waals surface area (Å²) in [5.41, 5.74) is 0.237. The van der Waals surface area contributed by atoms with Gasteiger partial charge in [-0.3, -0.25) is 19.9 Å². The maximum absolute atomic E-state index is 12.5. The van der Waals surface area contributed by atoms with E-state index in [-0.39, 0.29) is 18.5 Å². The molecule has 7 heteroatoms. The third-order valence-corrected chi connectivity index (χ3v) is 3.56. The van der Waals surface area contributed by atoms with E-state index < -0.39 is 22.4 Å². The number of hydrogen-bond acceptors (Lipinski definition) is 6. The van der Waals surface area contributed by atoms with Crippen molar-refractivity contribution in [3.8, 4) is 6.07 Å². The first-order valence-electron chi connectivity index (χ1n) is 7.86. The lowest BCUT2D eigenvalue weighted by Crippen LogP contribution is -2.28. The minimum atomic E-state index is -0.699. The maximum Gasteiger partial charge on any atom is 0.314 e. The number of benzene rings is 1. The predicted octanol–water partition coefficient (Wildman–Crippen LogP) is 3.87. The lowest BCUT2D eigenvalue weighted by Gasteiger charge is -2.23. The predicted molar refractivity (Wildman–Crippen MR) is 91.8 cm³/mol. The normalized spacial score (nSPS) is 12.4. The van der Waals surface area contributed by atoms with Gasteiger partial charge in [-0.1, -0.05) is 6.07 Å². The van der Waals surface area contributed by atoms with Gasteiger partial charge >= 0.3 is 5.97 Å². The molecule has 25 heavy (non-hydrogen) atoms. The number of carbonyl (C=O) groups excluding carboxylic acids is 1. The number of hydrogen-bond donors (Lipinski definition) is 0. The highest BCUT2D eigenvalue weighted by Gasteiger charge is 2.27. The summed E-state index contributed by atoms with van der Waals surface area (Å²) in [4.78, 5) is 27.5. The quantitative estimate of drug-likeness (QED) is 0.464. The number of fused-ring (bicyclic) bond motifs is 1. The van der Waals surface area contributed by atoms with Gasteiger partial charge in [0.15, 0.2) is 0 Å². The molecule has 2 aromatic rings. The van der Waals surface area contributed by atoms with Gasteiger partial charge in [0.2, 0.25) is 0 Å². The zero-order valence-electron chi connectivity index (χ0n) is 14.4. The molecule has 1 unspecified atom stereocenters. The van der Waals surface area contributed by atoms with Crippen LogP contribution >= 0.6 is 0 Å². The molecular formula is C18H19N3O4. The van der Waals surface area contributed by atoms with Crippen LogP contribution in [0.15, 0.2) is 30.5 Å². The van der Waals surface area contributed by atoms with E-state index in [2.05, 4.69) is 4.98 Å². The van der Waals surface area contributed by atoms with E-state index in [4.69, 9.17) is 10.00 Å². The number of carbonyl (C=O) groups is 1. The van der Waals surface area contributed by atoms with Crippen molar-refractivity contribution in [2.24, 2.45) is 0 Å². The minimum Gasteiger partial charge on any atom is -0.459 e. The van der Waals surface area contributed by atoms with Crippen molar-refractivity contribution in [2.75, 3.05) is 0 Å². The van der Waals surface area contributed by atoms with Gasteiger partial charge in [-0.2, -0.15) is 5.26 Å². The molecule has 2 rings (SSSR count). The SMILES string of the molecule is CC(C)(C)OC(=O)C(CCC#N)c1cnc2cccc([N+](=O)[O-])c2c1. The number of nitro benzene ring substituents is 1. The summed E-state index contributed by atoms with van der Waals surface area (Å²) in [7, 11) is 0. The molecule has 0 spiro atoms. The molecule has 130 valence electrons. The fraction of sp³-hybridized carbons (Fsp3) is 0.389. The van der Waals surface area contributed by atoms with E-state index in [1.54, 1.807) is 39.0 Å². The highest BCUT2D eigenvalue weighted by atomic mass is 16.6. The van der Waals surface area contributed by atoms with Crippen molar-refractivity contribution in [2.45, 2.75) is 45.1 Å². The highest BCUT2D eigenvalue weighted by molar-refractivity contribution is 5.89. The number of nitrogens with zero attached hydrogens (tertiary/aromatic N) is 3. The first-order valence-corrected chi connectivity index (χ1v) is 7.86. The van der Waals surface area contributed by atoms with Crippen LogP contribution < -0.4 is 0 Å². The van der Waals surface area contributed by atoms with Crippen LogP contribution in [-0.4, -0.2) is 21.5 Å². The van der Waals surface area contributed by atoms with Crippen molar-refractivity contribution < 1.29 is 14.5 Å². The molecule has 0 fully saturated rings. The molecule has 0 saturated carbocycles. The summed E-state index contributed by atoms with van der Waals surface area (Å²) in [6.45, 7) is 5.28. The summed E-state index contributed by atoms with van der Waals surface area (Å²) in [5.74, 6) is -1.17. The van der Waals surface area contributed by atoms with E-state index in [1.807, 2.05) is 6.07 Å². The van der Waals surface area contributed by atoms with Crippen LogP contribution in [0.5, 0.6) is 0 Å². The number of ether oxygens (including phenoxy) is 1. The lowest BCUT2D eigenvalue weighted by atomic mass is 9.94. The molecule has 1 heterocycles. The number of nitro groups is 1. The Labute approximate surface area is 145 Å². The summed E-state index contributed by atoms with van der Waals surface area (Å²) >= 11 is 0. The lowest BCUT2D eigenvalue weighted by molar-refractivity contribution is -0.383. The third-order valence-electron chi connectivity index (χ3n) is 3.56. The van der Waals surface area contributed by atoms with Gasteiger partial charge in [0, 0.05) is 18.7 Å². The summed E-state index contributed by atoms with van der Waals surface area (Å²) in [6, 6.07) is 8.23. The molecule has 0 aliphatic carbocycles. The summed E-state index contributed by atoms with van der Waals surface area (Å²) in [6.07, 6.45) is 1.94. The van der Waals surface area contributed by atoms with Crippen molar-refractivity contribution in [1.82, 2.24) is 4.98 Å². The first-order chi connectivity index (χ1) is 11.7. The van der Waals surface area contributed by atoms with Crippen molar-refractivity contribution >= 4 is 22.6 Å². The second-order valence-corrected chi connectivity index (χ2v) is 6.65. The zero-order chi connectivity index (χ0) is 18.6. The Balaban J connectivity index is 2.49. The van der Waals surface area contributed by atoms with Gasteiger partial charge < -0.3 is 4.74 Å². The molecule has 0 amide bonds. The average molecular weight is 341 g/mol. The Kier molecular flexibility index (Phi) is 5.32. The Morgan fingerprint density at radius 3 is 2.76 bits per heavy atom. The number of pyridine rings is 1. The van der Waals surface area contributed by atoms with Crippen LogP contribution in [0.2, 0.25) is 0 Å². The van der Waals surface area contributed by atoms with Crippen LogP contribution in [0, 0.1) is 21.4 Å². The van der Waals surface area contributed by atoms with E-state index in [0.717, 1.165) is 0 Å². The van der Waals surface area contributed by atoms with E-state index in [9.17, 15) is 14.9 Å². The Morgan fingerprint density at radius 1 is 1.44 bits per heavy atom. The van der Waals surface area contributed by atoms with Gasteiger partial charge in [0.25, 0.3) is 5.69 Å². The Bertz CT molecular complexity index is 850. The fourth-order valence-corrected chi connectivity index (χ4v) is 2.50. The van der Waals surface area contributed by atoms with Crippen molar-refractivity contribution in [1.29, 1.82) is 5.26 Å². The molecule has 0 aliphatic heterocycles. The van der Waals surface area contributed by atoms with Crippen molar-refractivity contribution in [3.63, 3.8) is 0 Å². The number of aromatic nitrogens is 1. The van der Waals surface area contributed by atoms with Gasteiger partial charge in [-0.15, -0.1) is 0 Å². The monoisotopic (exact) mass is 341 g/mol. The van der Waals surface area contributed by atoms with Crippen molar-refractivity contribution in [3.05, 3.63) is 46.1 Å². The number of non-ortho nitro benzene ring substituents is 1. The smallest absolute Gasteiger partial charge is 0.314 e. The minimum absolute atomic E-state index is 0.0740. The van der Waals surface area contributed by atoms with Crippen LogP contribution in [0.25, 0.3) is 10.9 Å². The Hall–Kier alpha value is -3.01. The van der Waals surface area contributed by atoms with Gasteiger partial charge in [-0.25, -0.2) is 0 Å². The third kappa shape index (κ3) is 4.51. The van der Waals surface area contributed by atoms with Crippen LogP contribution in [0.1, 0.15) is 45.1 Å². The average Bonchev–Trinajstić information content (AvgIpc) is 2.52. The number of rotatable bonds is 5. The summed E-state index contributed by atoms with van der Waals surface area (Å²) in [5, 5.41) is 20.4. The summed E-state index contributed by atoms with van der Waals surface area (Å²) < 4.78 is 5.43. The number of nitriles is 1. The largest absolute Gasteiger partial charge is 0.459 e. The van der Waals surface area contributed by atoms with Crippen LogP contribution in [0.4, 0.5) is 5.69 Å². The van der Waals surface area contributed by atoms with Crippen LogP contribution in [0.3, 0.4) is 0 Å².